The molecule has 1 aromatic rings. The highest BCUT2D eigenvalue weighted by molar-refractivity contribution is 5.05. The van der Waals surface area contributed by atoms with Gasteiger partial charge in [0.1, 0.15) is 5.60 Å². The van der Waals surface area contributed by atoms with Crippen LogP contribution in [0.1, 0.15) is 44.3 Å². The predicted molar refractivity (Wildman–Crippen MR) is 66.1 cm³/mol. The predicted octanol–water partition coefficient (Wildman–Crippen LogP) is 1.64. The molecule has 0 aromatic carbocycles. The quantitative estimate of drug-likeness (QED) is 0.862. The van der Waals surface area contributed by atoms with Crippen molar-refractivity contribution in [3.8, 4) is 0 Å². The van der Waals surface area contributed by atoms with E-state index in [1.54, 1.807) is 0 Å². The van der Waals surface area contributed by atoms with Crippen LogP contribution < -0.4 is 5.32 Å². The van der Waals surface area contributed by atoms with Crippen LogP contribution in [0, 0.1) is 5.92 Å². The van der Waals surface area contributed by atoms with Crippen molar-refractivity contribution in [1.82, 2.24) is 15.5 Å². The van der Waals surface area contributed by atoms with E-state index in [0.717, 1.165) is 44.1 Å². The second-order valence-electron chi connectivity index (χ2n) is 5.37. The fourth-order valence-corrected chi connectivity index (χ4v) is 2.92. The summed E-state index contributed by atoms with van der Waals surface area (Å²) in [6, 6.07) is 0. The van der Waals surface area contributed by atoms with Crippen LogP contribution in [-0.4, -0.2) is 29.8 Å². The number of ether oxygens (including phenoxy) is 1. The summed E-state index contributed by atoms with van der Waals surface area (Å²) in [7, 11) is 0. The van der Waals surface area contributed by atoms with Gasteiger partial charge in [0.25, 0.3) is 0 Å². The van der Waals surface area contributed by atoms with Crippen LogP contribution in [0.25, 0.3) is 0 Å². The van der Waals surface area contributed by atoms with E-state index in [1.807, 2.05) is 6.92 Å². The third kappa shape index (κ3) is 2.17. The van der Waals surface area contributed by atoms with Crippen LogP contribution >= 0.6 is 0 Å². The number of nitrogens with zero attached hydrogens (tertiary/aromatic N) is 2. The number of aromatic nitrogens is 2. The minimum Gasteiger partial charge on any atom is -0.367 e. The Bertz CT molecular complexity index is 395. The molecule has 1 aromatic heterocycles. The Labute approximate surface area is 107 Å². The molecule has 1 saturated carbocycles. The van der Waals surface area contributed by atoms with Gasteiger partial charge in [-0.3, -0.25) is 0 Å². The van der Waals surface area contributed by atoms with Crippen LogP contribution in [-0.2, 0) is 16.8 Å². The molecule has 100 valence electrons. The Hall–Kier alpha value is -0.940. The lowest BCUT2D eigenvalue weighted by Crippen LogP contribution is -2.43. The molecule has 2 fully saturated rings. The monoisotopic (exact) mass is 251 g/mol. The van der Waals surface area contributed by atoms with Gasteiger partial charge in [-0.1, -0.05) is 5.16 Å². The topological polar surface area (TPSA) is 60.2 Å². The Morgan fingerprint density at radius 3 is 2.78 bits per heavy atom. The normalized spacial score (nSPS) is 23.2. The third-order valence-electron chi connectivity index (χ3n) is 4.04. The van der Waals surface area contributed by atoms with Crippen molar-refractivity contribution >= 4 is 0 Å². The molecular weight excluding hydrogens is 230 g/mol. The van der Waals surface area contributed by atoms with E-state index in [4.69, 9.17) is 9.26 Å². The summed E-state index contributed by atoms with van der Waals surface area (Å²) in [5.74, 6) is 2.19. The highest BCUT2D eigenvalue weighted by Gasteiger charge is 2.41. The summed E-state index contributed by atoms with van der Waals surface area (Å²) < 4.78 is 11.3. The first kappa shape index (κ1) is 12.1. The molecule has 0 radical (unpaired) electrons. The molecule has 0 amide bonds. The standard InChI is InChI=1S/C13H21N3O2/c1-2-17-13(5-3-4-6-13)12-15-11(18-16-12)7-10-8-14-9-10/h10,14H,2-9H2,1H3. The lowest BCUT2D eigenvalue weighted by molar-refractivity contribution is -0.0469. The molecule has 0 atom stereocenters. The number of rotatable bonds is 5. The molecule has 3 rings (SSSR count). The van der Waals surface area contributed by atoms with Crippen molar-refractivity contribution in [2.45, 2.75) is 44.6 Å². The van der Waals surface area contributed by atoms with Crippen molar-refractivity contribution in [2.75, 3.05) is 19.7 Å². The fourth-order valence-electron chi connectivity index (χ4n) is 2.92. The first-order valence-corrected chi connectivity index (χ1v) is 7.00. The van der Waals surface area contributed by atoms with Gasteiger partial charge < -0.3 is 14.6 Å². The Morgan fingerprint density at radius 2 is 2.17 bits per heavy atom. The smallest absolute Gasteiger partial charge is 0.227 e. The van der Waals surface area contributed by atoms with Crippen molar-refractivity contribution in [1.29, 1.82) is 0 Å². The zero-order valence-electron chi connectivity index (χ0n) is 10.9. The lowest BCUT2D eigenvalue weighted by Gasteiger charge is -2.25. The van der Waals surface area contributed by atoms with Gasteiger partial charge in [0.15, 0.2) is 0 Å². The maximum absolute atomic E-state index is 5.94. The average Bonchev–Trinajstić information content (AvgIpc) is 2.93. The summed E-state index contributed by atoms with van der Waals surface area (Å²) in [6.07, 6.45) is 5.31. The van der Waals surface area contributed by atoms with E-state index in [9.17, 15) is 0 Å². The largest absolute Gasteiger partial charge is 0.367 e. The molecule has 0 bridgehead atoms. The highest BCUT2D eigenvalue weighted by atomic mass is 16.5. The molecular formula is C13H21N3O2. The zero-order chi connectivity index (χ0) is 12.4. The number of hydrogen-bond donors (Lipinski definition) is 1. The molecule has 0 unspecified atom stereocenters. The minimum atomic E-state index is -0.269. The van der Waals surface area contributed by atoms with Crippen molar-refractivity contribution in [3.63, 3.8) is 0 Å². The van der Waals surface area contributed by atoms with Gasteiger partial charge in [0.2, 0.25) is 11.7 Å². The van der Waals surface area contributed by atoms with Crippen LogP contribution in [0.15, 0.2) is 4.52 Å². The van der Waals surface area contributed by atoms with Crippen LogP contribution in [0.3, 0.4) is 0 Å². The van der Waals surface area contributed by atoms with E-state index in [0.29, 0.717) is 12.5 Å². The van der Waals surface area contributed by atoms with Gasteiger partial charge in [-0.2, -0.15) is 4.98 Å². The second kappa shape index (κ2) is 4.97. The van der Waals surface area contributed by atoms with Crippen LogP contribution in [0.2, 0.25) is 0 Å². The zero-order valence-corrected chi connectivity index (χ0v) is 10.9. The van der Waals surface area contributed by atoms with Gasteiger partial charge in [0, 0.05) is 13.0 Å². The third-order valence-corrected chi connectivity index (χ3v) is 4.04. The van der Waals surface area contributed by atoms with E-state index in [1.165, 1.54) is 12.8 Å². The minimum absolute atomic E-state index is 0.269. The van der Waals surface area contributed by atoms with Gasteiger partial charge >= 0.3 is 0 Å². The van der Waals surface area contributed by atoms with Gasteiger partial charge in [-0.15, -0.1) is 0 Å². The lowest BCUT2D eigenvalue weighted by atomic mass is 9.99. The summed E-state index contributed by atoms with van der Waals surface area (Å²) in [5.41, 5.74) is -0.269. The molecule has 18 heavy (non-hydrogen) atoms. The van der Waals surface area contributed by atoms with Gasteiger partial charge in [-0.25, -0.2) is 0 Å². The summed E-state index contributed by atoms with van der Waals surface area (Å²) in [6.45, 7) is 4.86. The van der Waals surface area contributed by atoms with Gasteiger partial charge in [0.05, 0.1) is 0 Å². The Morgan fingerprint density at radius 1 is 1.39 bits per heavy atom. The van der Waals surface area contributed by atoms with E-state index in [-0.39, 0.29) is 5.60 Å². The maximum Gasteiger partial charge on any atom is 0.227 e. The summed E-state index contributed by atoms with van der Waals surface area (Å²) >= 11 is 0. The van der Waals surface area contributed by atoms with E-state index in [2.05, 4.69) is 15.5 Å². The SMILES string of the molecule is CCOC1(c2noc(CC3CNC3)n2)CCCC1. The molecule has 2 heterocycles. The molecule has 2 aliphatic rings. The molecule has 1 aliphatic heterocycles. The molecule has 1 aliphatic carbocycles. The first-order valence-electron chi connectivity index (χ1n) is 7.00. The highest BCUT2D eigenvalue weighted by Crippen LogP contribution is 2.40. The second-order valence-corrected chi connectivity index (χ2v) is 5.37. The maximum atomic E-state index is 5.94. The Balaban J connectivity index is 1.73. The molecule has 0 spiro atoms. The van der Waals surface area contributed by atoms with Crippen molar-refractivity contribution in [3.05, 3.63) is 11.7 Å². The van der Waals surface area contributed by atoms with Crippen LogP contribution in [0.5, 0.6) is 0 Å². The number of nitrogens with one attached hydrogen (secondary N) is 1. The Kier molecular flexibility index (Phi) is 3.35. The van der Waals surface area contributed by atoms with E-state index >= 15 is 0 Å². The van der Waals surface area contributed by atoms with Crippen LogP contribution in [0.4, 0.5) is 0 Å². The molecule has 1 saturated heterocycles. The first-order chi connectivity index (χ1) is 8.82. The summed E-state index contributed by atoms with van der Waals surface area (Å²) in [4.78, 5) is 4.57. The summed E-state index contributed by atoms with van der Waals surface area (Å²) in [5, 5.41) is 7.43. The average molecular weight is 251 g/mol. The molecule has 5 heteroatoms. The van der Waals surface area contributed by atoms with Crippen molar-refractivity contribution in [2.24, 2.45) is 5.92 Å². The fraction of sp³-hybridized carbons (Fsp3) is 0.846. The molecule has 5 nitrogen and oxygen atoms in total. The van der Waals surface area contributed by atoms with E-state index < -0.39 is 0 Å². The number of hydrogen-bond acceptors (Lipinski definition) is 5. The molecule has 1 N–H and O–H groups in total. The van der Waals surface area contributed by atoms with Crippen molar-refractivity contribution < 1.29 is 9.26 Å². The van der Waals surface area contributed by atoms with Gasteiger partial charge in [-0.05, 0) is 51.6 Å².